The fraction of sp³-hybridized carbons (Fsp3) is 0.154. The number of carbonyl (C=O) groups excluding carboxylic acids is 1. The number of halogens is 2. The highest BCUT2D eigenvalue weighted by molar-refractivity contribution is 6.42. The van der Waals surface area contributed by atoms with Crippen molar-refractivity contribution in [3.63, 3.8) is 0 Å². The summed E-state index contributed by atoms with van der Waals surface area (Å²) in [6, 6.07) is 7.87. The van der Waals surface area contributed by atoms with E-state index in [1.54, 1.807) is 0 Å². The second-order valence-corrected chi connectivity index (χ2v) is 5.01. The highest BCUT2D eigenvalue weighted by Crippen LogP contribution is 2.36. The van der Waals surface area contributed by atoms with Crippen LogP contribution in [-0.4, -0.2) is 15.9 Å². The van der Waals surface area contributed by atoms with Crippen LogP contribution in [0.1, 0.15) is 17.0 Å². The molecule has 1 unspecified atom stereocenters. The number of nitrogens with one attached hydrogen (secondary N) is 1. The Bertz CT molecular complexity index is 660. The maximum atomic E-state index is 12.1. The number of carbonyl (C=O) groups is 1. The van der Waals surface area contributed by atoms with Gasteiger partial charge in [-0.2, -0.15) is 0 Å². The van der Waals surface area contributed by atoms with E-state index in [1.807, 2.05) is 24.3 Å². The van der Waals surface area contributed by atoms with Gasteiger partial charge in [-0.05, 0) is 17.5 Å². The van der Waals surface area contributed by atoms with Crippen LogP contribution >= 0.6 is 23.2 Å². The fourth-order valence-corrected chi connectivity index (χ4v) is 2.41. The monoisotopic (exact) mass is 293 g/mol. The van der Waals surface area contributed by atoms with Crippen LogP contribution in [0.4, 0.5) is 5.82 Å². The van der Waals surface area contributed by atoms with Gasteiger partial charge in [0.05, 0.1) is 5.92 Å². The highest BCUT2D eigenvalue weighted by atomic mass is 35.5. The van der Waals surface area contributed by atoms with Crippen molar-refractivity contribution < 1.29 is 4.79 Å². The largest absolute Gasteiger partial charge is 0.309 e. The van der Waals surface area contributed by atoms with E-state index in [0.29, 0.717) is 0 Å². The van der Waals surface area contributed by atoms with Gasteiger partial charge in [-0.3, -0.25) is 4.79 Å². The smallest absolute Gasteiger partial charge is 0.233 e. The molecule has 96 valence electrons. The number of aromatic nitrogens is 2. The van der Waals surface area contributed by atoms with E-state index >= 15 is 0 Å². The summed E-state index contributed by atoms with van der Waals surface area (Å²) < 4.78 is 0. The summed E-state index contributed by atoms with van der Waals surface area (Å²) in [6.45, 7) is 0. The predicted molar refractivity (Wildman–Crippen MR) is 73.6 cm³/mol. The number of benzene rings is 1. The van der Waals surface area contributed by atoms with Gasteiger partial charge in [0.1, 0.15) is 11.3 Å². The van der Waals surface area contributed by atoms with Gasteiger partial charge >= 0.3 is 0 Å². The fourth-order valence-electron chi connectivity index (χ4n) is 2.13. The number of anilines is 1. The van der Waals surface area contributed by atoms with Gasteiger partial charge in [0.15, 0.2) is 11.0 Å². The molecule has 4 nitrogen and oxygen atoms in total. The van der Waals surface area contributed by atoms with E-state index in [-0.39, 0.29) is 27.8 Å². The van der Waals surface area contributed by atoms with Crippen LogP contribution in [0.2, 0.25) is 10.2 Å². The van der Waals surface area contributed by atoms with Gasteiger partial charge < -0.3 is 5.32 Å². The Morgan fingerprint density at radius 2 is 2.05 bits per heavy atom. The van der Waals surface area contributed by atoms with Crippen LogP contribution in [-0.2, 0) is 11.2 Å². The minimum atomic E-state index is -0.152. The molecule has 1 aliphatic rings. The SMILES string of the molecule is O=C(Nc1ncnc(Cl)c1Cl)C1Cc2ccccc21. The molecule has 1 heterocycles. The Morgan fingerprint density at radius 3 is 2.84 bits per heavy atom. The lowest BCUT2D eigenvalue weighted by Gasteiger charge is -2.28. The molecule has 0 spiro atoms. The van der Waals surface area contributed by atoms with Gasteiger partial charge in [0, 0.05) is 0 Å². The summed E-state index contributed by atoms with van der Waals surface area (Å²) in [5, 5.41) is 2.97. The van der Waals surface area contributed by atoms with Crippen molar-refractivity contribution in [1.82, 2.24) is 9.97 Å². The Kier molecular flexibility index (Phi) is 3.12. The first-order valence-corrected chi connectivity index (χ1v) is 6.47. The van der Waals surface area contributed by atoms with Crippen molar-refractivity contribution in [2.45, 2.75) is 12.3 Å². The molecule has 1 N–H and O–H groups in total. The molecule has 0 saturated heterocycles. The van der Waals surface area contributed by atoms with Crippen LogP contribution in [0, 0.1) is 0 Å². The first-order chi connectivity index (χ1) is 9.16. The van der Waals surface area contributed by atoms with Gasteiger partial charge in [0.2, 0.25) is 5.91 Å². The minimum Gasteiger partial charge on any atom is -0.309 e. The quantitative estimate of drug-likeness (QED) is 0.866. The van der Waals surface area contributed by atoms with Crippen molar-refractivity contribution in [2.75, 3.05) is 5.32 Å². The first kappa shape index (κ1) is 12.4. The molecule has 0 fully saturated rings. The molecule has 2 aromatic rings. The van der Waals surface area contributed by atoms with Crippen molar-refractivity contribution >= 4 is 34.9 Å². The second-order valence-electron chi connectivity index (χ2n) is 4.27. The van der Waals surface area contributed by atoms with Crippen LogP contribution in [0.15, 0.2) is 30.6 Å². The molecule has 3 rings (SSSR count). The number of hydrogen-bond acceptors (Lipinski definition) is 3. The minimum absolute atomic E-state index is 0.126. The molecule has 1 amide bonds. The molecule has 19 heavy (non-hydrogen) atoms. The standard InChI is InChI=1S/C13H9Cl2N3O/c14-10-11(15)16-6-17-12(10)18-13(19)9-5-7-3-1-2-4-8(7)9/h1-4,6,9H,5H2,(H,16,17,18,19). The zero-order chi connectivity index (χ0) is 13.4. The van der Waals surface area contributed by atoms with Crippen molar-refractivity contribution in [3.8, 4) is 0 Å². The summed E-state index contributed by atoms with van der Waals surface area (Å²) in [6.07, 6.45) is 2.00. The maximum Gasteiger partial charge on any atom is 0.233 e. The van der Waals surface area contributed by atoms with Gasteiger partial charge in [0.25, 0.3) is 0 Å². The summed E-state index contributed by atoms with van der Waals surface area (Å²) in [4.78, 5) is 19.8. The van der Waals surface area contributed by atoms with Crippen molar-refractivity contribution in [3.05, 3.63) is 51.9 Å². The second kappa shape index (κ2) is 4.79. The maximum absolute atomic E-state index is 12.1. The van der Waals surface area contributed by atoms with Gasteiger partial charge in [-0.1, -0.05) is 47.5 Å². The topological polar surface area (TPSA) is 54.9 Å². The molecule has 0 saturated carbocycles. The lowest BCUT2D eigenvalue weighted by Crippen LogP contribution is -2.30. The average Bonchev–Trinajstić information content (AvgIpc) is 2.36. The van der Waals surface area contributed by atoms with Crippen LogP contribution in [0.3, 0.4) is 0 Å². The molecular weight excluding hydrogens is 285 g/mol. The normalized spacial score (nSPS) is 16.4. The van der Waals surface area contributed by atoms with E-state index in [4.69, 9.17) is 23.2 Å². The number of nitrogens with zero attached hydrogens (tertiary/aromatic N) is 2. The number of hydrogen-bond donors (Lipinski definition) is 1. The highest BCUT2D eigenvalue weighted by Gasteiger charge is 2.32. The van der Waals surface area contributed by atoms with Gasteiger partial charge in [-0.15, -0.1) is 0 Å². The third kappa shape index (κ3) is 2.17. The van der Waals surface area contributed by atoms with Crippen molar-refractivity contribution in [1.29, 1.82) is 0 Å². The summed E-state index contributed by atoms with van der Waals surface area (Å²) in [7, 11) is 0. The molecule has 0 bridgehead atoms. The average molecular weight is 294 g/mol. The molecule has 1 aliphatic carbocycles. The van der Waals surface area contributed by atoms with Crippen LogP contribution in [0.25, 0.3) is 0 Å². The molecule has 1 atom stereocenters. The Balaban J connectivity index is 1.79. The molecular formula is C13H9Cl2N3O. The lowest BCUT2D eigenvalue weighted by atomic mass is 9.77. The summed E-state index contributed by atoms with van der Waals surface area (Å²) >= 11 is 11.7. The third-order valence-electron chi connectivity index (χ3n) is 3.16. The van der Waals surface area contributed by atoms with E-state index in [1.165, 1.54) is 11.9 Å². The Hall–Kier alpha value is -1.65. The summed E-state index contributed by atoms with van der Waals surface area (Å²) in [5.41, 5.74) is 2.26. The van der Waals surface area contributed by atoms with Crippen molar-refractivity contribution in [2.24, 2.45) is 0 Å². The number of rotatable bonds is 2. The van der Waals surface area contributed by atoms with Crippen LogP contribution < -0.4 is 5.32 Å². The Labute approximate surface area is 119 Å². The van der Waals surface area contributed by atoms with E-state index < -0.39 is 0 Å². The zero-order valence-corrected chi connectivity index (χ0v) is 11.2. The van der Waals surface area contributed by atoms with E-state index in [2.05, 4.69) is 15.3 Å². The molecule has 1 aromatic carbocycles. The zero-order valence-electron chi connectivity index (χ0n) is 9.73. The van der Waals surface area contributed by atoms with E-state index in [0.717, 1.165) is 12.0 Å². The molecule has 0 radical (unpaired) electrons. The van der Waals surface area contributed by atoms with Crippen LogP contribution in [0.5, 0.6) is 0 Å². The first-order valence-electron chi connectivity index (χ1n) is 5.71. The summed E-state index contributed by atoms with van der Waals surface area (Å²) in [5.74, 6) is -0.0348. The number of fused-ring (bicyclic) bond motifs is 1. The third-order valence-corrected chi connectivity index (χ3v) is 3.90. The molecule has 6 heteroatoms. The predicted octanol–water partition coefficient (Wildman–Crippen LogP) is 3.06. The Morgan fingerprint density at radius 1 is 1.26 bits per heavy atom. The molecule has 1 aromatic heterocycles. The number of amides is 1. The van der Waals surface area contributed by atoms with E-state index in [9.17, 15) is 4.79 Å². The lowest BCUT2D eigenvalue weighted by molar-refractivity contribution is -0.118. The van der Waals surface area contributed by atoms with Gasteiger partial charge in [-0.25, -0.2) is 9.97 Å². The molecule has 0 aliphatic heterocycles.